The molecule has 0 aromatic heterocycles. The highest BCUT2D eigenvalue weighted by Crippen LogP contribution is 2.38. The highest BCUT2D eigenvalue weighted by Gasteiger charge is 2.39. The Kier molecular flexibility index (Phi) is 7.56. The number of nitrogens with zero attached hydrogens (tertiary/aromatic N) is 2. The van der Waals surface area contributed by atoms with Crippen molar-refractivity contribution in [2.45, 2.75) is 9.79 Å². The quantitative estimate of drug-likeness (QED) is 0.134. The molecule has 0 spiro atoms. The largest absolute Gasteiger partial charge is 0.399 e. The van der Waals surface area contributed by atoms with E-state index in [4.69, 9.17) is 23.1 Å². The lowest BCUT2D eigenvalue weighted by Crippen LogP contribution is -2.29. The third kappa shape index (κ3) is 5.22. The summed E-state index contributed by atoms with van der Waals surface area (Å²) < 4.78 is 27.4. The maximum absolute atomic E-state index is 13.7. The summed E-state index contributed by atoms with van der Waals surface area (Å²) in [7, 11) is -4.16. The standard InChI is InChI=1S/C40H25ClN4O6S/c41-35-21-30(15-18-36(35)45-38(47)32-17-6-25(20-34(32)40(45)49)23-3-9-27(43)10-4-23)52(50,51)29-13-11-28(12-14-29)44-37(46)31-16-5-24(19-33(31)39(44)48)22-1-7-26(42)8-2-22/h1-21H,42-43H2. The number of imide groups is 2. The SMILES string of the molecule is Nc1ccc(-c2ccc3c(c2)C(=O)N(c2ccc(S(=O)(=O)c4ccc(N5C(=O)c6ccc(-c7ccc(N)cc7)cc6C5=O)c(Cl)c4)cc2)C3=O)cc1. The van der Waals surface area contributed by atoms with Crippen molar-refractivity contribution in [3.8, 4) is 22.3 Å². The monoisotopic (exact) mass is 724 g/mol. The van der Waals surface area contributed by atoms with Gasteiger partial charge in [0, 0.05) is 11.4 Å². The predicted molar refractivity (Wildman–Crippen MR) is 198 cm³/mol. The summed E-state index contributed by atoms with van der Waals surface area (Å²) >= 11 is 6.55. The van der Waals surface area contributed by atoms with Crippen LogP contribution in [0.4, 0.5) is 22.7 Å². The topological polar surface area (TPSA) is 161 Å². The van der Waals surface area contributed by atoms with Crippen molar-refractivity contribution in [3.63, 3.8) is 0 Å². The summed E-state index contributed by atoms with van der Waals surface area (Å²) in [4.78, 5) is 55.2. The number of hydrogen-bond acceptors (Lipinski definition) is 8. The van der Waals surface area contributed by atoms with Crippen molar-refractivity contribution in [2.75, 3.05) is 21.3 Å². The summed E-state index contributed by atoms with van der Waals surface area (Å²) in [6.07, 6.45) is 0. The summed E-state index contributed by atoms with van der Waals surface area (Å²) in [5, 5.41) is -0.129. The van der Waals surface area contributed by atoms with Gasteiger partial charge in [-0.15, -0.1) is 0 Å². The predicted octanol–water partition coefficient (Wildman–Crippen LogP) is 7.27. The van der Waals surface area contributed by atoms with Crippen LogP contribution in [-0.4, -0.2) is 32.0 Å². The molecular formula is C40H25ClN4O6S. The molecule has 2 aliphatic heterocycles. The molecule has 0 saturated heterocycles. The van der Waals surface area contributed by atoms with Crippen LogP contribution in [0, 0.1) is 0 Å². The van der Waals surface area contributed by atoms with E-state index in [1.165, 1.54) is 42.5 Å². The minimum absolute atomic E-state index is 0.0291. The number of halogens is 1. The van der Waals surface area contributed by atoms with E-state index in [1.54, 1.807) is 60.7 Å². The van der Waals surface area contributed by atoms with Crippen molar-refractivity contribution in [3.05, 3.63) is 155 Å². The fraction of sp³-hybridized carbons (Fsp3) is 0. The fourth-order valence-corrected chi connectivity index (χ4v) is 8.01. The molecule has 254 valence electrons. The normalized spacial score (nSPS) is 13.9. The second-order valence-corrected chi connectivity index (χ2v) is 14.6. The number of carbonyl (C=O) groups excluding carboxylic acids is 4. The van der Waals surface area contributed by atoms with Crippen LogP contribution in [-0.2, 0) is 9.84 Å². The highest BCUT2D eigenvalue weighted by molar-refractivity contribution is 7.91. The van der Waals surface area contributed by atoms with Crippen LogP contribution >= 0.6 is 11.6 Å². The molecule has 2 aliphatic rings. The van der Waals surface area contributed by atoms with Crippen LogP contribution in [0.2, 0.25) is 5.02 Å². The Balaban J connectivity index is 1.03. The van der Waals surface area contributed by atoms with Gasteiger partial charge in [-0.2, -0.15) is 0 Å². The minimum atomic E-state index is -4.16. The zero-order valence-electron chi connectivity index (χ0n) is 26.9. The van der Waals surface area contributed by atoms with Crippen LogP contribution in [0.3, 0.4) is 0 Å². The van der Waals surface area contributed by atoms with E-state index < -0.39 is 33.5 Å². The van der Waals surface area contributed by atoms with Crippen molar-refractivity contribution in [1.82, 2.24) is 0 Å². The van der Waals surface area contributed by atoms with E-state index in [9.17, 15) is 27.6 Å². The molecule has 0 fully saturated rings. The van der Waals surface area contributed by atoms with Gasteiger partial charge in [0.05, 0.1) is 48.4 Å². The Labute approximate surface area is 302 Å². The van der Waals surface area contributed by atoms with Gasteiger partial charge in [-0.1, -0.05) is 48.0 Å². The van der Waals surface area contributed by atoms with Gasteiger partial charge in [0.25, 0.3) is 23.6 Å². The lowest BCUT2D eigenvalue weighted by atomic mass is 10.00. The molecule has 10 nitrogen and oxygen atoms in total. The lowest BCUT2D eigenvalue weighted by molar-refractivity contribution is 0.0910. The number of sulfone groups is 1. The van der Waals surface area contributed by atoms with E-state index in [1.807, 2.05) is 24.3 Å². The van der Waals surface area contributed by atoms with Crippen LogP contribution in [0.1, 0.15) is 41.4 Å². The third-order valence-electron chi connectivity index (χ3n) is 9.14. The zero-order chi connectivity index (χ0) is 36.5. The number of amides is 4. The Bertz CT molecular complexity index is 2640. The van der Waals surface area contributed by atoms with Crippen LogP contribution in [0.25, 0.3) is 22.3 Å². The molecule has 2 heterocycles. The van der Waals surface area contributed by atoms with E-state index in [2.05, 4.69) is 0 Å². The molecule has 0 atom stereocenters. The number of benzene rings is 6. The number of rotatable bonds is 6. The molecule has 12 heteroatoms. The molecule has 0 unspecified atom stereocenters. The van der Waals surface area contributed by atoms with Crippen molar-refractivity contribution < 1.29 is 27.6 Å². The number of fused-ring (bicyclic) bond motifs is 2. The third-order valence-corrected chi connectivity index (χ3v) is 11.2. The van der Waals surface area contributed by atoms with Gasteiger partial charge in [-0.25, -0.2) is 18.2 Å². The fourth-order valence-electron chi connectivity index (χ4n) is 6.39. The summed E-state index contributed by atoms with van der Waals surface area (Å²) in [5.74, 6) is -2.26. The first-order valence-electron chi connectivity index (χ1n) is 15.8. The van der Waals surface area contributed by atoms with Crippen molar-refractivity contribution >= 4 is 67.8 Å². The molecule has 0 bridgehead atoms. The van der Waals surface area contributed by atoms with Gasteiger partial charge < -0.3 is 11.5 Å². The Morgan fingerprint density at radius 1 is 0.442 bits per heavy atom. The Hall–Kier alpha value is -6.56. The number of carbonyl (C=O) groups is 4. The number of hydrogen-bond donors (Lipinski definition) is 2. The second-order valence-electron chi connectivity index (χ2n) is 12.3. The molecule has 4 N–H and O–H groups in total. The Morgan fingerprint density at radius 3 is 1.37 bits per heavy atom. The number of nitrogens with two attached hydrogens (primary N) is 2. The van der Waals surface area contributed by atoms with E-state index in [0.29, 0.717) is 16.9 Å². The molecule has 8 rings (SSSR count). The first kappa shape index (κ1) is 32.6. The molecule has 6 aromatic carbocycles. The van der Waals surface area contributed by atoms with E-state index in [0.717, 1.165) is 26.5 Å². The highest BCUT2D eigenvalue weighted by atomic mass is 35.5. The first-order valence-corrected chi connectivity index (χ1v) is 17.7. The zero-order valence-corrected chi connectivity index (χ0v) is 28.5. The Morgan fingerprint density at radius 2 is 0.865 bits per heavy atom. The van der Waals surface area contributed by atoms with Crippen LogP contribution in [0.15, 0.2) is 137 Å². The van der Waals surface area contributed by atoms with E-state index in [-0.39, 0.29) is 48.4 Å². The van der Waals surface area contributed by atoms with Gasteiger partial charge in [0.2, 0.25) is 9.84 Å². The van der Waals surface area contributed by atoms with Crippen LogP contribution in [0.5, 0.6) is 0 Å². The number of nitrogen functional groups attached to an aromatic ring is 2. The van der Waals surface area contributed by atoms with Gasteiger partial charge >= 0.3 is 0 Å². The summed E-state index contributed by atoms with van der Waals surface area (Å²) in [6, 6.07) is 33.2. The molecule has 0 saturated carbocycles. The summed E-state index contributed by atoms with van der Waals surface area (Å²) in [6.45, 7) is 0. The van der Waals surface area contributed by atoms with Crippen molar-refractivity contribution in [1.29, 1.82) is 0 Å². The van der Waals surface area contributed by atoms with E-state index >= 15 is 0 Å². The smallest absolute Gasteiger partial charge is 0.266 e. The average Bonchev–Trinajstić information content (AvgIpc) is 3.55. The minimum Gasteiger partial charge on any atom is -0.399 e. The second kappa shape index (κ2) is 12.0. The first-order chi connectivity index (χ1) is 24.9. The molecule has 0 radical (unpaired) electrons. The van der Waals surface area contributed by atoms with Gasteiger partial charge in [-0.05, 0) is 113 Å². The molecule has 52 heavy (non-hydrogen) atoms. The van der Waals surface area contributed by atoms with Crippen molar-refractivity contribution in [2.24, 2.45) is 0 Å². The lowest BCUT2D eigenvalue weighted by Gasteiger charge is -2.17. The van der Waals surface area contributed by atoms with Gasteiger partial charge in [0.15, 0.2) is 0 Å². The maximum atomic E-state index is 13.7. The molecular weight excluding hydrogens is 700 g/mol. The van der Waals surface area contributed by atoms with Gasteiger partial charge in [-0.3, -0.25) is 19.2 Å². The van der Waals surface area contributed by atoms with Gasteiger partial charge in [0.1, 0.15) is 0 Å². The maximum Gasteiger partial charge on any atom is 0.266 e. The molecule has 6 aromatic rings. The molecule has 0 aliphatic carbocycles. The summed E-state index contributed by atoms with van der Waals surface area (Å²) in [5.41, 5.74) is 16.9. The molecule has 4 amide bonds. The van der Waals surface area contributed by atoms with Crippen LogP contribution < -0.4 is 21.3 Å². The average molecular weight is 725 g/mol. The number of anilines is 4.